The van der Waals surface area contributed by atoms with Crippen molar-refractivity contribution < 1.29 is 23.1 Å². The molecule has 0 aliphatic heterocycles. The lowest BCUT2D eigenvalue weighted by Gasteiger charge is -2.10. The van der Waals surface area contributed by atoms with E-state index in [0.29, 0.717) is 5.69 Å². The van der Waals surface area contributed by atoms with Crippen LogP contribution in [-0.4, -0.2) is 16.2 Å². The van der Waals surface area contributed by atoms with Gasteiger partial charge in [-0.05, 0) is 30.3 Å². The Morgan fingerprint density at radius 1 is 1.14 bits per heavy atom. The summed E-state index contributed by atoms with van der Waals surface area (Å²) in [6.45, 7) is 0. The summed E-state index contributed by atoms with van der Waals surface area (Å²) < 4.78 is 37.4. The van der Waals surface area contributed by atoms with Crippen LogP contribution in [0.4, 0.5) is 35.2 Å². The second-order valence-electron chi connectivity index (χ2n) is 4.19. The first-order valence-electron chi connectivity index (χ1n) is 5.86. The Labute approximate surface area is 127 Å². The Hall–Kier alpha value is -2.48. The van der Waals surface area contributed by atoms with Crippen molar-refractivity contribution in [2.45, 2.75) is 6.18 Å². The number of carbonyl (C=O) groups is 1. The number of benzene rings is 1. The molecule has 0 aliphatic carbocycles. The van der Waals surface area contributed by atoms with Crippen molar-refractivity contribution in [2.24, 2.45) is 0 Å². The molecule has 0 radical (unpaired) electrons. The highest BCUT2D eigenvalue weighted by atomic mass is 35.5. The first kappa shape index (κ1) is 15.9. The van der Waals surface area contributed by atoms with E-state index >= 15 is 0 Å². The summed E-state index contributed by atoms with van der Waals surface area (Å²) in [5, 5.41) is 13.5. The predicted molar refractivity (Wildman–Crippen MR) is 75.6 cm³/mol. The van der Waals surface area contributed by atoms with E-state index < -0.39 is 17.8 Å². The van der Waals surface area contributed by atoms with Gasteiger partial charge in [-0.3, -0.25) is 5.32 Å². The van der Waals surface area contributed by atoms with Gasteiger partial charge < -0.3 is 10.4 Å². The largest absolute Gasteiger partial charge is 0.465 e. The lowest BCUT2D eigenvalue weighted by molar-refractivity contribution is -0.137. The summed E-state index contributed by atoms with van der Waals surface area (Å²) in [5.41, 5.74) is -0.240. The van der Waals surface area contributed by atoms with Gasteiger partial charge in [-0.25, -0.2) is 9.78 Å². The summed E-state index contributed by atoms with van der Waals surface area (Å²) in [5.74, 6) is 0.191. The van der Waals surface area contributed by atoms with Crippen LogP contribution in [0.25, 0.3) is 0 Å². The van der Waals surface area contributed by atoms with Crippen LogP contribution in [0.5, 0.6) is 0 Å². The number of rotatable bonds is 3. The van der Waals surface area contributed by atoms with E-state index in [9.17, 15) is 18.0 Å². The van der Waals surface area contributed by atoms with Gasteiger partial charge in [0.1, 0.15) is 11.0 Å². The molecule has 0 saturated heterocycles. The number of nitrogens with zero attached hydrogens (tertiary/aromatic N) is 1. The van der Waals surface area contributed by atoms with Gasteiger partial charge in [0.2, 0.25) is 0 Å². The topological polar surface area (TPSA) is 74.2 Å². The number of halogens is 4. The highest BCUT2D eigenvalue weighted by Crippen LogP contribution is 2.30. The number of anilines is 3. The van der Waals surface area contributed by atoms with Gasteiger partial charge in [0.25, 0.3) is 0 Å². The van der Waals surface area contributed by atoms with Crippen LogP contribution in [-0.2, 0) is 6.18 Å². The molecule has 0 aliphatic rings. The van der Waals surface area contributed by atoms with Crippen LogP contribution in [0.2, 0.25) is 5.15 Å². The zero-order chi connectivity index (χ0) is 16.3. The molecule has 0 bridgehead atoms. The molecule has 1 heterocycles. The first-order valence-corrected chi connectivity index (χ1v) is 6.23. The lowest BCUT2D eigenvalue weighted by atomic mass is 10.2. The average Bonchev–Trinajstić information content (AvgIpc) is 2.36. The van der Waals surface area contributed by atoms with E-state index in [-0.39, 0.29) is 16.7 Å². The SMILES string of the molecule is O=C(O)Nc1cc(Cl)nc(Nc2ccc(C(F)(F)F)cc2)c1. The smallest absolute Gasteiger partial charge is 0.416 e. The van der Waals surface area contributed by atoms with Gasteiger partial charge >= 0.3 is 12.3 Å². The minimum Gasteiger partial charge on any atom is -0.465 e. The fraction of sp³-hybridized carbons (Fsp3) is 0.0769. The Morgan fingerprint density at radius 2 is 1.77 bits per heavy atom. The monoisotopic (exact) mass is 331 g/mol. The molecule has 5 nitrogen and oxygen atoms in total. The summed E-state index contributed by atoms with van der Waals surface area (Å²) in [6.07, 6.45) is -5.69. The van der Waals surface area contributed by atoms with E-state index in [1.165, 1.54) is 24.3 Å². The van der Waals surface area contributed by atoms with Crippen LogP contribution < -0.4 is 10.6 Å². The minimum atomic E-state index is -4.41. The third kappa shape index (κ3) is 4.26. The number of hydrogen-bond acceptors (Lipinski definition) is 3. The van der Waals surface area contributed by atoms with Crippen LogP contribution in [0, 0.1) is 0 Å². The molecule has 116 valence electrons. The van der Waals surface area contributed by atoms with Crippen LogP contribution in [0.1, 0.15) is 5.56 Å². The van der Waals surface area contributed by atoms with Crippen molar-refractivity contribution in [1.29, 1.82) is 0 Å². The van der Waals surface area contributed by atoms with E-state index in [0.717, 1.165) is 12.1 Å². The van der Waals surface area contributed by atoms with Crippen LogP contribution in [0.3, 0.4) is 0 Å². The van der Waals surface area contributed by atoms with Crippen LogP contribution >= 0.6 is 11.6 Å². The van der Waals surface area contributed by atoms with Gasteiger partial charge in [0, 0.05) is 11.8 Å². The predicted octanol–water partition coefficient (Wildman–Crippen LogP) is 4.59. The molecule has 2 aromatic rings. The van der Waals surface area contributed by atoms with Crippen LogP contribution in [0.15, 0.2) is 36.4 Å². The van der Waals surface area contributed by atoms with Crippen molar-refractivity contribution in [3.8, 4) is 0 Å². The number of pyridine rings is 1. The van der Waals surface area contributed by atoms with Gasteiger partial charge in [0.15, 0.2) is 0 Å². The molecule has 22 heavy (non-hydrogen) atoms. The normalized spacial score (nSPS) is 11.1. The van der Waals surface area contributed by atoms with Crippen molar-refractivity contribution in [3.05, 3.63) is 47.1 Å². The van der Waals surface area contributed by atoms with Gasteiger partial charge in [-0.2, -0.15) is 13.2 Å². The van der Waals surface area contributed by atoms with Crippen molar-refractivity contribution in [3.63, 3.8) is 0 Å². The second kappa shape index (κ2) is 6.10. The molecule has 0 fully saturated rings. The summed E-state index contributed by atoms with van der Waals surface area (Å²) in [4.78, 5) is 14.5. The maximum atomic E-state index is 12.5. The third-order valence-corrected chi connectivity index (χ3v) is 2.72. The number of carboxylic acid groups (broad SMARTS) is 1. The molecule has 3 N–H and O–H groups in total. The number of nitrogens with one attached hydrogen (secondary N) is 2. The molecular weight excluding hydrogens is 323 g/mol. The van der Waals surface area contributed by atoms with Gasteiger partial charge in [-0.1, -0.05) is 11.6 Å². The number of aromatic nitrogens is 1. The first-order chi connectivity index (χ1) is 10.2. The van der Waals surface area contributed by atoms with Crippen molar-refractivity contribution in [1.82, 2.24) is 4.98 Å². The minimum absolute atomic E-state index is 0.0284. The summed E-state index contributed by atoms with van der Waals surface area (Å²) >= 11 is 5.75. The van der Waals surface area contributed by atoms with Gasteiger partial charge in [0.05, 0.1) is 11.3 Å². The molecule has 9 heteroatoms. The maximum absolute atomic E-state index is 12.5. The second-order valence-corrected chi connectivity index (χ2v) is 4.58. The maximum Gasteiger partial charge on any atom is 0.416 e. The summed E-state index contributed by atoms with van der Waals surface area (Å²) in [7, 11) is 0. The fourth-order valence-electron chi connectivity index (χ4n) is 1.65. The van der Waals surface area contributed by atoms with Crippen molar-refractivity contribution >= 4 is 34.9 Å². The molecule has 2 rings (SSSR count). The van der Waals surface area contributed by atoms with E-state index in [2.05, 4.69) is 15.6 Å². The molecule has 1 aromatic carbocycles. The lowest BCUT2D eigenvalue weighted by Crippen LogP contribution is -2.08. The Bertz CT molecular complexity index is 690. The highest BCUT2D eigenvalue weighted by molar-refractivity contribution is 6.29. The Balaban J connectivity index is 2.20. The zero-order valence-electron chi connectivity index (χ0n) is 10.8. The van der Waals surface area contributed by atoms with Gasteiger partial charge in [-0.15, -0.1) is 0 Å². The zero-order valence-corrected chi connectivity index (χ0v) is 11.5. The average molecular weight is 332 g/mol. The quantitative estimate of drug-likeness (QED) is 0.719. The standard InChI is InChI=1S/C13H9ClF3N3O2/c14-10-5-9(19-12(21)22)6-11(20-10)18-8-3-1-7(2-4-8)13(15,16)17/h1-6H,(H,21,22)(H2,18,19,20). The highest BCUT2D eigenvalue weighted by Gasteiger charge is 2.29. The van der Waals surface area contributed by atoms with E-state index in [1.807, 2.05) is 0 Å². The molecular formula is C13H9ClF3N3O2. The molecule has 0 atom stereocenters. The Morgan fingerprint density at radius 3 is 2.32 bits per heavy atom. The number of alkyl halides is 3. The molecule has 0 spiro atoms. The van der Waals surface area contributed by atoms with E-state index in [4.69, 9.17) is 16.7 Å². The fourth-order valence-corrected chi connectivity index (χ4v) is 1.86. The number of hydrogen-bond donors (Lipinski definition) is 3. The molecule has 1 aromatic heterocycles. The third-order valence-electron chi connectivity index (χ3n) is 2.53. The van der Waals surface area contributed by atoms with Crippen molar-refractivity contribution in [2.75, 3.05) is 10.6 Å². The molecule has 1 amide bonds. The molecule has 0 unspecified atom stereocenters. The summed E-state index contributed by atoms with van der Waals surface area (Å²) in [6, 6.07) is 6.96. The number of amides is 1. The molecule has 0 saturated carbocycles. The Kier molecular flexibility index (Phi) is 4.41. The van der Waals surface area contributed by atoms with E-state index in [1.54, 1.807) is 0 Å².